The Morgan fingerprint density at radius 1 is 0.744 bits per heavy atom. The van der Waals surface area contributed by atoms with Crippen LogP contribution in [-0.4, -0.2) is 165 Å². The molecule has 0 radical (unpaired) electrons. The lowest BCUT2D eigenvalue weighted by Crippen LogP contribution is -2.70. The fourth-order valence-electron chi connectivity index (χ4n) is 4.95. The van der Waals surface area contributed by atoms with Gasteiger partial charge in [0, 0.05) is 20.4 Å². The quantitative estimate of drug-likeness (QED) is 0.123. The number of β-amino-alcohol motifs (C(OH)–C–C–N with tert-alkyl or cyclic N) is 1. The third-order valence-corrected chi connectivity index (χ3v) is 6.97. The zero-order valence-electron chi connectivity index (χ0n) is 21.4. The van der Waals surface area contributed by atoms with Gasteiger partial charge in [-0.05, 0) is 0 Å². The number of aliphatic hydroxyl groups is 8. The van der Waals surface area contributed by atoms with Crippen molar-refractivity contribution in [3.8, 4) is 0 Å². The van der Waals surface area contributed by atoms with E-state index in [1.807, 2.05) is 0 Å². The molecule has 0 aromatic carbocycles. The van der Waals surface area contributed by atoms with Gasteiger partial charge in [-0.15, -0.1) is 0 Å². The summed E-state index contributed by atoms with van der Waals surface area (Å²) in [5.41, 5.74) is 0. The molecule has 11 N–H and O–H groups in total. The third-order valence-electron chi connectivity index (χ3n) is 6.97. The molecule has 14 atom stereocenters. The van der Waals surface area contributed by atoms with E-state index in [0.717, 1.165) is 13.8 Å². The number of ether oxygens (including phenoxy) is 4. The van der Waals surface area contributed by atoms with Crippen LogP contribution in [0, 0.1) is 0 Å². The highest BCUT2D eigenvalue weighted by atomic mass is 16.7. The Morgan fingerprint density at radius 2 is 1.26 bits per heavy atom. The average Bonchev–Trinajstić information content (AvgIpc) is 2.89. The monoisotopic (exact) mass is 569 g/mol. The molecule has 3 saturated heterocycles. The Balaban J connectivity index is 1.87. The van der Waals surface area contributed by atoms with E-state index in [1.54, 1.807) is 0 Å². The molecule has 3 heterocycles. The van der Waals surface area contributed by atoms with E-state index in [4.69, 9.17) is 18.9 Å². The molecule has 3 aliphatic heterocycles. The molecule has 2 amide bonds. The molecule has 226 valence electrons. The largest absolute Gasteiger partial charge is 0.395 e. The molecule has 0 bridgehead atoms. The summed E-state index contributed by atoms with van der Waals surface area (Å²) >= 11 is 0. The first-order valence-electron chi connectivity index (χ1n) is 12.6. The van der Waals surface area contributed by atoms with Gasteiger partial charge in [0.2, 0.25) is 11.8 Å². The van der Waals surface area contributed by atoms with Crippen molar-refractivity contribution in [2.45, 2.75) is 99.5 Å². The van der Waals surface area contributed by atoms with Crippen molar-refractivity contribution >= 4 is 11.8 Å². The predicted molar refractivity (Wildman–Crippen MR) is 125 cm³/mol. The summed E-state index contributed by atoms with van der Waals surface area (Å²) in [6.07, 6.45) is -16.2. The molecule has 0 aromatic heterocycles. The summed E-state index contributed by atoms with van der Waals surface area (Å²) in [7, 11) is 0. The van der Waals surface area contributed by atoms with Crippen LogP contribution >= 0.6 is 0 Å². The van der Waals surface area contributed by atoms with Gasteiger partial charge in [-0.2, -0.15) is 0 Å². The zero-order chi connectivity index (χ0) is 29.0. The van der Waals surface area contributed by atoms with Gasteiger partial charge in [0.25, 0.3) is 0 Å². The molecule has 39 heavy (non-hydrogen) atoms. The van der Waals surface area contributed by atoms with Crippen LogP contribution in [0.3, 0.4) is 0 Å². The number of piperidine rings is 1. The Kier molecular flexibility index (Phi) is 11.4. The minimum Gasteiger partial charge on any atom is -0.395 e. The maximum Gasteiger partial charge on any atom is 0.217 e. The van der Waals surface area contributed by atoms with Crippen LogP contribution < -0.4 is 16.0 Å². The Labute approximate surface area is 223 Å². The highest BCUT2D eigenvalue weighted by Crippen LogP contribution is 2.31. The second-order valence-electron chi connectivity index (χ2n) is 9.83. The first-order chi connectivity index (χ1) is 18.4. The molecule has 3 fully saturated rings. The number of amides is 2. The maximum atomic E-state index is 12.0. The Morgan fingerprint density at radius 3 is 1.77 bits per heavy atom. The van der Waals surface area contributed by atoms with Gasteiger partial charge in [0.05, 0.1) is 32.0 Å². The topological polar surface area (TPSA) is 269 Å². The fourth-order valence-corrected chi connectivity index (χ4v) is 4.95. The van der Waals surface area contributed by atoms with Gasteiger partial charge in [-0.1, -0.05) is 0 Å². The van der Waals surface area contributed by atoms with E-state index in [-0.39, 0.29) is 6.54 Å². The van der Waals surface area contributed by atoms with Crippen LogP contribution in [0.5, 0.6) is 0 Å². The molecule has 3 rings (SSSR count). The van der Waals surface area contributed by atoms with Crippen LogP contribution in [0.25, 0.3) is 0 Å². The lowest BCUT2D eigenvalue weighted by atomic mass is 9.93. The maximum absolute atomic E-state index is 12.0. The standard InChI is InChI=1S/C22H39N3O14/c1-7(29)24-13-17(34)16(33)11(5-27)36-21(13)39-20-12(6-28)37-22(14(18(20)35)25-8(2)30)38-19-9(4-26)23-3-10(31)15(19)32/h9-23,26-28,31-35H,3-6H2,1-2H3,(H,24,29)(H,25,30)/t9-,10+,11-,12-,13-,14-,15-,16-,17-,18-,19-,20-,21+,22+/m1/s1. The fraction of sp³-hybridized carbons (Fsp3) is 0.909. The molecule has 17 nitrogen and oxygen atoms in total. The van der Waals surface area contributed by atoms with Crippen molar-refractivity contribution in [1.82, 2.24) is 16.0 Å². The number of nitrogens with one attached hydrogen (secondary N) is 3. The van der Waals surface area contributed by atoms with Crippen LogP contribution in [0.4, 0.5) is 0 Å². The summed E-state index contributed by atoms with van der Waals surface area (Å²) < 4.78 is 23.0. The molecule has 0 unspecified atom stereocenters. The van der Waals surface area contributed by atoms with Gasteiger partial charge in [-0.25, -0.2) is 0 Å². The van der Waals surface area contributed by atoms with Crippen molar-refractivity contribution in [2.75, 3.05) is 26.4 Å². The van der Waals surface area contributed by atoms with E-state index in [9.17, 15) is 50.4 Å². The summed E-state index contributed by atoms with van der Waals surface area (Å²) in [5, 5.41) is 89.5. The zero-order valence-corrected chi connectivity index (χ0v) is 21.4. The Bertz CT molecular complexity index is 823. The second kappa shape index (κ2) is 13.9. The molecule has 17 heteroatoms. The molecule has 0 spiro atoms. The number of hydrogen-bond donors (Lipinski definition) is 11. The van der Waals surface area contributed by atoms with Gasteiger partial charge in [0.1, 0.15) is 60.9 Å². The summed E-state index contributed by atoms with van der Waals surface area (Å²) in [4.78, 5) is 23.7. The van der Waals surface area contributed by atoms with Crippen LogP contribution in [0.1, 0.15) is 13.8 Å². The molecule has 3 aliphatic rings. The number of hydrogen-bond acceptors (Lipinski definition) is 15. The smallest absolute Gasteiger partial charge is 0.217 e. The molecule has 0 aromatic rings. The van der Waals surface area contributed by atoms with Gasteiger partial charge >= 0.3 is 0 Å². The van der Waals surface area contributed by atoms with Crippen molar-refractivity contribution in [3.05, 3.63) is 0 Å². The van der Waals surface area contributed by atoms with E-state index in [0.29, 0.717) is 0 Å². The summed E-state index contributed by atoms with van der Waals surface area (Å²) in [6, 6.07) is -3.59. The number of aliphatic hydroxyl groups excluding tert-OH is 8. The number of carbonyl (C=O) groups excluding carboxylic acids is 2. The number of rotatable bonds is 9. The predicted octanol–water partition coefficient (Wildman–Crippen LogP) is -7.03. The minimum atomic E-state index is -1.69. The van der Waals surface area contributed by atoms with Crippen molar-refractivity contribution in [3.63, 3.8) is 0 Å². The van der Waals surface area contributed by atoms with Gasteiger partial charge < -0.3 is 75.8 Å². The first-order valence-corrected chi connectivity index (χ1v) is 12.6. The SMILES string of the molecule is CC(=O)N[C@H]1[C@H](O[C@H]2[C@H](O)[C@@H](O)CN[C@@H]2CO)O[C@H](CO)[C@@H](O[C@@H]2O[C@H](CO)[C@@H](O)[C@H](O)[C@H]2NC(C)=O)[C@@H]1O. The molecule has 0 aliphatic carbocycles. The normalized spacial score (nSPS) is 45.0. The average molecular weight is 570 g/mol. The van der Waals surface area contributed by atoms with Crippen molar-refractivity contribution in [2.24, 2.45) is 0 Å². The van der Waals surface area contributed by atoms with Crippen molar-refractivity contribution in [1.29, 1.82) is 0 Å². The molecular weight excluding hydrogens is 530 g/mol. The lowest BCUT2D eigenvalue weighted by Gasteiger charge is -2.49. The van der Waals surface area contributed by atoms with E-state index >= 15 is 0 Å². The van der Waals surface area contributed by atoms with Crippen LogP contribution in [0.15, 0.2) is 0 Å². The minimum absolute atomic E-state index is 0.0308. The van der Waals surface area contributed by atoms with Gasteiger partial charge in [-0.3, -0.25) is 9.59 Å². The van der Waals surface area contributed by atoms with Crippen molar-refractivity contribution < 1.29 is 69.4 Å². The third kappa shape index (κ3) is 7.20. The van der Waals surface area contributed by atoms with E-state index < -0.39 is 117 Å². The number of carbonyl (C=O) groups is 2. The lowest BCUT2D eigenvalue weighted by molar-refractivity contribution is -0.341. The molecule has 0 saturated carbocycles. The van der Waals surface area contributed by atoms with Crippen LogP contribution in [0.2, 0.25) is 0 Å². The van der Waals surface area contributed by atoms with E-state index in [2.05, 4.69) is 16.0 Å². The molecular formula is C22H39N3O14. The van der Waals surface area contributed by atoms with E-state index in [1.165, 1.54) is 0 Å². The summed E-state index contributed by atoms with van der Waals surface area (Å²) in [6.45, 7) is 0.277. The highest BCUT2D eigenvalue weighted by molar-refractivity contribution is 5.73. The first kappa shape index (κ1) is 31.9. The Hall–Kier alpha value is -1.58. The van der Waals surface area contributed by atoms with Crippen LogP contribution in [-0.2, 0) is 28.5 Å². The summed E-state index contributed by atoms with van der Waals surface area (Å²) in [5.74, 6) is -1.24. The highest BCUT2D eigenvalue weighted by Gasteiger charge is 2.53. The second-order valence-corrected chi connectivity index (χ2v) is 9.83. The van der Waals surface area contributed by atoms with Gasteiger partial charge in [0.15, 0.2) is 12.6 Å².